The van der Waals surface area contributed by atoms with Gasteiger partial charge in [0, 0.05) is 18.0 Å². The number of rotatable bonds is 14. The van der Waals surface area contributed by atoms with Crippen molar-refractivity contribution >= 4 is 23.2 Å². The second-order valence-electron chi connectivity index (χ2n) is 8.15. The van der Waals surface area contributed by atoms with Gasteiger partial charge >= 0.3 is 0 Å². The van der Waals surface area contributed by atoms with Crippen LogP contribution in [0, 0.1) is 5.92 Å². The van der Waals surface area contributed by atoms with Crippen molar-refractivity contribution < 1.29 is 9.59 Å². The molecule has 1 aromatic carbocycles. The van der Waals surface area contributed by atoms with Gasteiger partial charge in [0.05, 0.1) is 5.71 Å². The van der Waals surface area contributed by atoms with Gasteiger partial charge in [-0.1, -0.05) is 70.4 Å². The van der Waals surface area contributed by atoms with Gasteiger partial charge in [0.25, 0.3) is 0 Å². The van der Waals surface area contributed by atoms with E-state index in [0.717, 1.165) is 42.6 Å². The Bertz CT molecular complexity index is 680. The smallest absolute Gasteiger partial charge is 0.240 e. The lowest BCUT2D eigenvalue weighted by Crippen LogP contribution is -2.19. The Morgan fingerprint density at radius 2 is 1.66 bits per heavy atom. The Balaban J connectivity index is 1.63. The molecule has 1 aliphatic rings. The van der Waals surface area contributed by atoms with Crippen LogP contribution in [0.5, 0.6) is 0 Å². The third-order valence-corrected chi connectivity index (χ3v) is 5.35. The van der Waals surface area contributed by atoms with Crippen LogP contribution in [-0.4, -0.2) is 17.5 Å². The molecule has 2 N–H and O–H groups in total. The first-order chi connectivity index (χ1) is 14.1. The normalized spacial score (nSPS) is 13.9. The first-order valence-corrected chi connectivity index (χ1v) is 11.3. The number of anilines is 1. The van der Waals surface area contributed by atoms with Gasteiger partial charge in [-0.2, -0.15) is 5.10 Å². The second-order valence-corrected chi connectivity index (χ2v) is 8.15. The summed E-state index contributed by atoms with van der Waals surface area (Å²) in [6.07, 6.45) is 13.6. The van der Waals surface area contributed by atoms with Gasteiger partial charge in [-0.15, -0.1) is 0 Å². The van der Waals surface area contributed by atoms with Gasteiger partial charge < -0.3 is 5.32 Å². The summed E-state index contributed by atoms with van der Waals surface area (Å²) in [5.74, 6) is 0.227. The van der Waals surface area contributed by atoms with Crippen LogP contribution in [0.1, 0.15) is 96.5 Å². The maximum absolute atomic E-state index is 12.0. The van der Waals surface area contributed by atoms with Crippen molar-refractivity contribution in [2.45, 2.75) is 90.9 Å². The van der Waals surface area contributed by atoms with Gasteiger partial charge in [-0.3, -0.25) is 9.59 Å². The van der Waals surface area contributed by atoms with Gasteiger partial charge in [0.2, 0.25) is 11.8 Å². The van der Waals surface area contributed by atoms with E-state index < -0.39 is 0 Å². The predicted octanol–water partition coefficient (Wildman–Crippen LogP) is 5.80. The number of hydrogen-bond acceptors (Lipinski definition) is 3. The third-order valence-electron chi connectivity index (χ3n) is 5.35. The summed E-state index contributed by atoms with van der Waals surface area (Å²) in [4.78, 5) is 23.9. The van der Waals surface area contributed by atoms with Gasteiger partial charge in [-0.05, 0) is 43.9 Å². The quantitative estimate of drug-likeness (QED) is 0.236. The van der Waals surface area contributed by atoms with Crippen LogP contribution < -0.4 is 10.7 Å². The van der Waals surface area contributed by atoms with Crippen molar-refractivity contribution in [2.75, 3.05) is 5.32 Å². The van der Waals surface area contributed by atoms with E-state index in [0.29, 0.717) is 6.42 Å². The molecular formula is C24H37N3O2. The number of hydrazone groups is 1. The molecule has 1 fully saturated rings. The fourth-order valence-corrected chi connectivity index (χ4v) is 3.27. The molecule has 0 bridgehead atoms. The predicted molar refractivity (Wildman–Crippen MR) is 120 cm³/mol. The summed E-state index contributed by atoms with van der Waals surface area (Å²) in [5, 5.41) is 7.16. The first kappa shape index (κ1) is 23.1. The number of carbonyl (C=O) groups excluding carboxylic acids is 2. The Morgan fingerprint density at radius 3 is 2.31 bits per heavy atom. The van der Waals surface area contributed by atoms with Crippen LogP contribution in [0.25, 0.3) is 0 Å². The average molecular weight is 400 g/mol. The number of nitrogens with zero attached hydrogens (tertiary/aromatic N) is 1. The molecule has 0 atom stereocenters. The van der Waals surface area contributed by atoms with Crippen molar-refractivity contribution in [3.8, 4) is 0 Å². The van der Waals surface area contributed by atoms with E-state index in [1.807, 2.05) is 31.2 Å². The van der Waals surface area contributed by atoms with Gasteiger partial charge in [0.1, 0.15) is 0 Å². The van der Waals surface area contributed by atoms with E-state index >= 15 is 0 Å². The van der Waals surface area contributed by atoms with Crippen molar-refractivity contribution in [3.63, 3.8) is 0 Å². The summed E-state index contributed by atoms with van der Waals surface area (Å²) in [6.45, 7) is 4.10. The number of nitrogens with one attached hydrogen (secondary N) is 2. The van der Waals surface area contributed by atoms with Crippen LogP contribution in [0.3, 0.4) is 0 Å². The van der Waals surface area contributed by atoms with Gasteiger partial charge in [-0.25, -0.2) is 5.43 Å². The zero-order valence-electron chi connectivity index (χ0n) is 18.1. The van der Waals surface area contributed by atoms with Crippen molar-refractivity contribution in [1.29, 1.82) is 0 Å². The molecule has 1 aliphatic carbocycles. The molecule has 0 saturated heterocycles. The fraction of sp³-hybridized carbons (Fsp3) is 0.625. The lowest BCUT2D eigenvalue weighted by atomic mass is 10.1. The summed E-state index contributed by atoms with van der Waals surface area (Å²) in [5.41, 5.74) is 5.05. The highest BCUT2D eigenvalue weighted by atomic mass is 16.2. The lowest BCUT2D eigenvalue weighted by molar-refractivity contribution is -0.121. The molecule has 29 heavy (non-hydrogen) atoms. The Labute approximate surface area is 175 Å². The molecule has 5 heteroatoms. The topological polar surface area (TPSA) is 70.6 Å². The molecular weight excluding hydrogens is 362 g/mol. The van der Waals surface area contributed by atoms with E-state index in [9.17, 15) is 9.59 Å². The molecule has 0 heterocycles. The van der Waals surface area contributed by atoms with E-state index in [1.165, 1.54) is 44.9 Å². The molecule has 0 unspecified atom stereocenters. The van der Waals surface area contributed by atoms with Crippen molar-refractivity contribution in [2.24, 2.45) is 11.0 Å². The number of carbonyl (C=O) groups is 2. The van der Waals surface area contributed by atoms with E-state index in [4.69, 9.17) is 0 Å². The van der Waals surface area contributed by atoms with Crippen molar-refractivity contribution in [3.05, 3.63) is 29.8 Å². The Morgan fingerprint density at radius 1 is 1.00 bits per heavy atom. The van der Waals surface area contributed by atoms with E-state index in [1.54, 1.807) is 0 Å². The van der Waals surface area contributed by atoms with Gasteiger partial charge in [0.15, 0.2) is 0 Å². The van der Waals surface area contributed by atoms with Crippen molar-refractivity contribution in [1.82, 2.24) is 5.43 Å². The maximum Gasteiger partial charge on any atom is 0.240 e. The summed E-state index contributed by atoms with van der Waals surface area (Å²) >= 11 is 0. The number of hydrogen-bond donors (Lipinski definition) is 2. The highest BCUT2D eigenvalue weighted by molar-refractivity contribution is 6.01. The summed E-state index contributed by atoms with van der Waals surface area (Å²) in [7, 11) is 0. The Kier molecular flexibility index (Phi) is 10.5. The fourth-order valence-electron chi connectivity index (χ4n) is 3.27. The van der Waals surface area contributed by atoms with Crippen LogP contribution in [0.2, 0.25) is 0 Å². The standard InChI is InChI=1S/C24H37N3O2/c1-3-4-5-6-7-8-9-10-11-15-23(28)27-26-19(2)21-13-12-14-22(18-21)25-24(29)20-16-17-20/h12-14,18,20H,3-11,15-17H2,1-2H3,(H,25,29)(H,27,28). The monoisotopic (exact) mass is 399 g/mol. The molecule has 0 aliphatic heterocycles. The van der Waals surface area contributed by atoms with Crippen LogP contribution >= 0.6 is 0 Å². The molecule has 0 spiro atoms. The number of unbranched alkanes of at least 4 members (excludes halogenated alkanes) is 8. The molecule has 5 nitrogen and oxygen atoms in total. The van der Waals surface area contributed by atoms with E-state index in [2.05, 4.69) is 22.8 Å². The molecule has 2 amide bonds. The van der Waals surface area contributed by atoms with Crippen LogP contribution in [0.15, 0.2) is 29.4 Å². The molecule has 1 saturated carbocycles. The highest BCUT2D eigenvalue weighted by Gasteiger charge is 2.29. The number of amides is 2. The average Bonchev–Trinajstić information content (AvgIpc) is 3.56. The molecule has 0 radical (unpaired) electrons. The minimum Gasteiger partial charge on any atom is -0.326 e. The number of benzene rings is 1. The van der Waals surface area contributed by atoms with E-state index in [-0.39, 0.29) is 17.7 Å². The second kappa shape index (κ2) is 13.1. The summed E-state index contributed by atoms with van der Waals surface area (Å²) < 4.78 is 0. The first-order valence-electron chi connectivity index (χ1n) is 11.3. The summed E-state index contributed by atoms with van der Waals surface area (Å²) in [6, 6.07) is 7.59. The lowest BCUT2D eigenvalue weighted by Gasteiger charge is -2.07. The zero-order chi connectivity index (χ0) is 20.9. The largest absolute Gasteiger partial charge is 0.326 e. The molecule has 160 valence electrons. The Hall–Kier alpha value is -2.17. The molecule has 0 aromatic heterocycles. The third kappa shape index (κ3) is 9.73. The molecule has 1 aromatic rings. The minimum absolute atomic E-state index is 0.0366. The SMILES string of the molecule is CCCCCCCCCCCC(=O)NN=C(C)c1cccc(NC(=O)C2CC2)c1. The maximum atomic E-state index is 12.0. The highest BCUT2D eigenvalue weighted by Crippen LogP contribution is 2.30. The minimum atomic E-state index is -0.0366. The zero-order valence-corrected chi connectivity index (χ0v) is 18.1. The molecule has 2 rings (SSSR count). The van der Waals surface area contributed by atoms with Crippen LogP contribution in [-0.2, 0) is 9.59 Å². The van der Waals surface area contributed by atoms with Crippen LogP contribution in [0.4, 0.5) is 5.69 Å².